The third kappa shape index (κ3) is 5.84. The molecule has 4 heterocycles. The van der Waals surface area contributed by atoms with E-state index in [1.165, 1.54) is 0 Å². The number of aromatic nitrogens is 2. The Morgan fingerprint density at radius 2 is 2.17 bits per heavy atom. The monoisotopic (exact) mass is 416 g/mol. The molecule has 0 amide bonds. The van der Waals surface area contributed by atoms with E-state index >= 15 is 0 Å². The van der Waals surface area contributed by atoms with Crippen LogP contribution in [-0.4, -0.2) is 91.2 Å². The average molecular weight is 417 g/mol. The molecule has 0 spiro atoms. The van der Waals surface area contributed by atoms with Gasteiger partial charge in [-0.1, -0.05) is 0 Å². The lowest BCUT2D eigenvalue weighted by molar-refractivity contribution is -0.00811. The molecule has 2 aromatic rings. The summed E-state index contributed by atoms with van der Waals surface area (Å²) in [5.41, 5.74) is 1.10. The number of aryl methyl sites for hydroxylation is 1. The molecule has 2 aliphatic rings. The van der Waals surface area contributed by atoms with E-state index in [0.717, 1.165) is 82.7 Å². The largest absolute Gasteiger partial charge is 0.469 e. The van der Waals surface area contributed by atoms with Crippen molar-refractivity contribution in [1.82, 2.24) is 24.9 Å². The zero-order chi connectivity index (χ0) is 20.6. The molecule has 164 valence electrons. The molecule has 0 saturated carbocycles. The van der Waals surface area contributed by atoms with Crippen LogP contribution in [0.2, 0.25) is 0 Å². The molecule has 30 heavy (non-hydrogen) atoms. The maximum atomic E-state index is 6.01. The molecule has 0 aliphatic carbocycles. The fraction of sp³-hybridized carbons (Fsp3) is 0.619. The first kappa shape index (κ1) is 20.9. The first-order valence-electron chi connectivity index (χ1n) is 10.7. The van der Waals surface area contributed by atoms with E-state index in [4.69, 9.17) is 18.9 Å². The van der Waals surface area contributed by atoms with E-state index in [9.17, 15) is 0 Å². The minimum Gasteiger partial charge on any atom is -0.469 e. The minimum absolute atomic E-state index is 0.00349. The molecule has 0 radical (unpaired) electrons. The van der Waals surface area contributed by atoms with Crippen molar-refractivity contribution in [2.24, 2.45) is 12.0 Å². The zero-order valence-corrected chi connectivity index (χ0v) is 17.7. The molecule has 1 atom stereocenters. The number of hydrogen-bond donors (Lipinski definition) is 1. The van der Waals surface area contributed by atoms with Crippen LogP contribution in [0.25, 0.3) is 0 Å². The maximum Gasteiger partial charge on any atom is 0.194 e. The SMILES string of the molecule is Cn1cc(C2CN(C(=NCCN3CCOCC3)NCCc3ccco3)CCO2)cn1. The molecule has 2 fully saturated rings. The second kappa shape index (κ2) is 10.6. The Hall–Kier alpha value is -2.36. The standard InChI is InChI=1S/C21H32N6O3/c1-25-16-18(15-24-25)20-17-27(10-14-30-20)21(22-5-4-19-3-2-11-29-19)23-6-7-26-8-12-28-13-9-26/h2-3,11,15-16,20H,4-10,12-14,17H2,1H3,(H,22,23). The molecule has 2 aromatic heterocycles. The summed E-state index contributed by atoms with van der Waals surface area (Å²) in [6.07, 6.45) is 6.45. The molecule has 0 bridgehead atoms. The van der Waals surface area contributed by atoms with Crippen LogP contribution in [0.3, 0.4) is 0 Å². The summed E-state index contributed by atoms with van der Waals surface area (Å²) in [6.45, 7) is 8.33. The Labute approximate surface area is 177 Å². The summed E-state index contributed by atoms with van der Waals surface area (Å²) in [4.78, 5) is 9.64. The molecule has 2 aliphatic heterocycles. The number of nitrogens with one attached hydrogen (secondary N) is 1. The van der Waals surface area contributed by atoms with Gasteiger partial charge in [-0.2, -0.15) is 5.10 Å². The third-order valence-corrected chi connectivity index (χ3v) is 5.48. The van der Waals surface area contributed by atoms with Crippen LogP contribution in [0.4, 0.5) is 0 Å². The van der Waals surface area contributed by atoms with Crippen LogP contribution in [0.15, 0.2) is 40.2 Å². The summed E-state index contributed by atoms with van der Waals surface area (Å²) >= 11 is 0. The number of morpholine rings is 2. The van der Waals surface area contributed by atoms with Gasteiger partial charge in [0.2, 0.25) is 0 Å². The van der Waals surface area contributed by atoms with Crippen molar-refractivity contribution in [1.29, 1.82) is 0 Å². The van der Waals surface area contributed by atoms with Crippen LogP contribution in [-0.2, 0) is 22.9 Å². The van der Waals surface area contributed by atoms with Gasteiger partial charge < -0.3 is 24.1 Å². The van der Waals surface area contributed by atoms with Crippen LogP contribution in [0.1, 0.15) is 17.4 Å². The highest BCUT2D eigenvalue weighted by atomic mass is 16.5. The summed E-state index contributed by atoms with van der Waals surface area (Å²) in [7, 11) is 1.93. The van der Waals surface area contributed by atoms with Crippen molar-refractivity contribution < 1.29 is 13.9 Å². The van der Waals surface area contributed by atoms with E-state index in [1.54, 1.807) is 6.26 Å². The molecule has 1 N–H and O–H groups in total. The van der Waals surface area contributed by atoms with Crippen molar-refractivity contribution in [3.05, 3.63) is 42.1 Å². The number of rotatable bonds is 7. The van der Waals surface area contributed by atoms with Gasteiger partial charge in [0.05, 0.1) is 45.4 Å². The third-order valence-electron chi connectivity index (χ3n) is 5.48. The lowest BCUT2D eigenvalue weighted by atomic mass is 10.1. The molecular weight excluding hydrogens is 384 g/mol. The summed E-state index contributed by atoms with van der Waals surface area (Å²) < 4.78 is 18.7. The van der Waals surface area contributed by atoms with Crippen molar-refractivity contribution in [3.63, 3.8) is 0 Å². The van der Waals surface area contributed by atoms with E-state index in [0.29, 0.717) is 6.61 Å². The molecule has 0 aromatic carbocycles. The van der Waals surface area contributed by atoms with Crippen LogP contribution in [0, 0.1) is 0 Å². The van der Waals surface area contributed by atoms with Crippen molar-refractivity contribution >= 4 is 5.96 Å². The molecule has 9 heteroatoms. The number of ether oxygens (including phenoxy) is 2. The first-order chi connectivity index (χ1) is 14.8. The topological polar surface area (TPSA) is 80.3 Å². The number of nitrogens with zero attached hydrogens (tertiary/aromatic N) is 5. The Balaban J connectivity index is 1.37. The molecule has 1 unspecified atom stereocenters. The fourth-order valence-corrected chi connectivity index (χ4v) is 3.79. The van der Waals surface area contributed by atoms with Gasteiger partial charge in [-0.25, -0.2) is 0 Å². The lowest BCUT2D eigenvalue weighted by Gasteiger charge is -2.35. The van der Waals surface area contributed by atoms with Gasteiger partial charge in [0.15, 0.2) is 5.96 Å². The van der Waals surface area contributed by atoms with Gasteiger partial charge in [-0.3, -0.25) is 14.6 Å². The van der Waals surface area contributed by atoms with Gasteiger partial charge in [-0.15, -0.1) is 0 Å². The second-order valence-corrected chi connectivity index (χ2v) is 7.67. The predicted octanol–water partition coefficient (Wildman–Crippen LogP) is 0.907. The van der Waals surface area contributed by atoms with Crippen molar-refractivity contribution in [3.8, 4) is 0 Å². The predicted molar refractivity (Wildman–Crippen MR) is 113 cm³/mol. The van der Waals surface area contributed by atoms with E-state index in [-0.39, 0.29) is 6.10 Å². The summed E-state index contributed by atoms with van der Waals surface area (Å²) in [5, 5.41) is 7.83. The van der Waals surface area contributed by atoms with Crippen LogP contribution >= 0.6 is 0 Å². The Morgan fingerprint density at radius 3 is 2.93 bits per heavy atom. The van der Waals surface area contributed by atoms with Gasteiger partial charge in [0.1, 0.15) is 11.9 Å². The fourth-order valence-electron chi connectivity index (χ4n) is 3.79. The quantitative estimate of drug-likeness (QED) is 0.531. The Morgan fingerprint density at radius 1 is 1.27 bits per heavy atom. The van der Waals surface area contributed by atoms with E-state index < -0.39 is 0 Å². The van der Waals surface area contributed by atoms with Gasteiger partial charge >= 0.3 is 0 Å². The van der Waals surface area contributed by atoms with Crippen molar-refractivity contribution in [2.75, 3.05) is 65.6 Å². The molecule has 4 rings (SSSR count). The minimum atomic E-state index is 0.00349. The van der Waals surface area contributed by atoms with E-state index in [2.05, 4.69) is 20.2 Å². The average Bonchev–Trinajstić information content (AvgIpc) is 3.45. The smallest absolute Gasteiger partial charge is 0.194 e. The lowest BCUT2D eigenvalue weighted by Crippen LogP contribution is -2.49. The first-order valence-corrected chi connectivity index (χ1v) is 10.7. The highest BCUT2D eigenvalue weighted by molar-refractivity contribution is 5.80. The van der Waals surface area contributed by atoms with Gasteiger partial charge in [-0.05, 0) is 12.1 Å². The van der Waals surface area contributed by atoms with Gasteiger partial charge in [0.25, 0.3) is 0 Å². The van der Waals surface area contributed by atoms with E-state index in [1.807, 2.05) is 36.3 Å². The number of guanidine groups is 1. The number of aliphatic imine (C=N–C) groups is 1. The molecule has 2 saturated heterocycles. The number of furan rings is 1. The highest BCUT2D eigenvalue weighted by Gasteiger charge is 2.25. The molecular formula is C21H32N6O3. The maximum absolute atomic E-state index is 6.01. The van der Waals surface area contributed by atoms with Crippen molar-refractivity contribution in [2.45, 2.75) is 12.5 Å². The van der Waals surface area contributed by atoms with Gasteiger partial charge in [0, 0.05) is 58.0 Å². The normalized spacial score (nSPS) is 21.2. The Kier molecular flexibility index (Phi) is 7.39. The zero-order valence-electron chi connectivity index (χ0n) is 17.7. The van der Waals surface area contributed by atoms with Crippen LogP contribution in [0.5, 0.6) is 0 Å². The van der Waals surface area contributed by atoms with Crippen LogP contribution < -0.4 is 5.32 Å². The summed E-state index contributed by atoms with van der Waals surface area (Å²) in [5.74, 6) is 1.91. The molecule has 9 nitrogen and oxygen atoms in total. The highest BCUT2D eigenvalue weighted by Crippen LogP contribution is 2.21. The number of hydrogen-bond acceptors (Lipinski definition) is 6. The second-order valence-electron chi connectivity index (χ2n) is 7.67. The Bertz CT molecular complexity index is 785. The summed E-state index contributed by atoms with van der Waals surface area (Å²) in [6, 6.07) is 3.93.